The van der Waals surface area contributed by atoms with Crippen molar-refractivity contribution in [2.45, 2.75) is 54.6 Å². The van der Waals surface area contributed by atoms with E-state index in [1.165, 1.54) is 60.1 Å². The molecule has 0 atom stereocenters. The van der Waals surface area contributed by atoms with Gasteiger partial charge < -0.3 is 9.47 Å². The topological polar surface area (TPSA) is 105 Å². The van der Waals surface area contributed by atoms with Crippen LogP contribution in [-0.4, -0.2) is 76.0 Å². The number of hydrogen-bond acceptors (Lipinski definition) is 7. The van der Waals surface area contributed by atoms with Crippen LogP contribution in [0.4, 0.5) is 0 Å². The molecule has 0 N–H and O–H groups in total. The molecule has 1 saturated heterocycles. The molecule has 3 fully saturated rings. The summed E-state index contributed by atoms with van der Waals surface area (Å²) >= 11 is 1.43. The van der Waals surface area contributed by atoms with E-state index >= 15 is 0 Å². The highest BCUT2D eigenvalue weighted by Gasteiger charge is 2.37. The average Bonchev–Trinajstić information content (AvgIpc) is 3.76. The summed E-state index contributed by atoms with van der Waals surface area (Å²) in [5.74, 6) is 1.75. The highest BCUT2D eigenvalue weighted by atomic mass is 32.2. The van der Waals surface area contributed by atoms with Gasteiger partial charge in [-0.15, -0.1) is 10.2 Å². The summed E-state index contributed by atoms with van der Waals surface area (Å²) in [6.07, 6.45) is 4.63. The van der Waals surface area contributed by atoms with Gasteiger partial charge in [0.05, 0.1) is 10.6 Å². The van der Waals surface area contributed by atoms with Crippen molar-refractivity contribution < 1.29 is 18.0 Å². The average molecular weight is 490 g/mol. The number of piperazine rings is 1. The molecule has 2 heterocycles. The molecule has 0 unspecified atom stereocenters. The van der Waals surface area contributed by atoms with Crippen molar-refractivity contribution in [2.24, 2.45) is 0 Å². The fraction of sp³-hybridized carbons (Fsp3) is 0.545. The molecule has 0 bridgehead atoms. The Kier molecular flexibility index (Phi) is 6.04. The monoisotopic (exact) mass is 489 g/mol. The molecule has 2 aliphatic carbocycles. The molecule has 0 spiro atoms. The Balaban J connectivity index is 1.16. The number of carbonyl (C=O) groups is 2. The maximum Gasteiger partial charge on any atom is 0.243 e. The van der Waals surface area contributed by atoms with E-state index in [-0.39, 0.29) is 35.4 Å². The normalized spacial score (nSPS) is 19.6. The van der Waals surface area contributed by atoms with Crippen LogP contribution in [0.25, 0.3) is 0 Å². The lowest BCUT2D eigenvalue weighted by atomic mass is 10.2. The maximum atomic E-state index is 12.9. The van der Waals surface area contributed by atoms with Gasteiger partial charge in [0.25, 0.3) is 0 Å². The third kappa shape index (κ3) is 4.71. The van der Waals surface area contributed by atoms with Crippen molar-refractivity contribution in [3.05, 3.63) is 35.7 Å². The number of aromatic nitrogens is 3. The lowest BCUT2D eigenvalue weighted by molar-refractivity contribution is -0.129. The Hall–Kier alpha value is -2.24. The summed E-state index contributed by atoms with van der Waals surface area (Å²) in [7, 11) is -3.66. The molecular weight excluding hydrogens is 462 g/mol. The van der Waals surface area contributed by atoms with Gasteiger partial charge in [0.15, 0.2) is 10.9 Å². The van der Waals surface area contributed by atoms with E-state index in [0.29, 0.717) is 30.6 Å². The van der Waals surface area contributed by atoms with Gasteiger partial charge in [-0.3, -0.25) is 9.59 Å². The molecular formula is C22H27N5O4S2. The maximum absolute atomic E-state index is 12.9. The zero-order chi connectivity index (χ0) is 23.2. The largest absolute Gasteiger partial charge is 0.339 e. The first-order valence-corrected chi connectivity index (χ1v) is 13.7. The van der Waals surface area contributed by atoms with Gasteiger partial charge >= 0.3 is 0 Å². The third-order valence-electron chi connectivity index (χ3n) is 6.36. The second-order valence-corrected chi connectivity index (χ2v) is 11.8. The minimum Gasteiger partial charge on any atom is -0.339 e. The molecule has 2 saturated carbocycles. The second kappa shape index (κ2) is 8.84. The number of Topliss-reactive ketones (excluding diaryl/α,β-unsaturated/α-hetero) is 1. The fourth-order valence-corrected chi connectivity index (χ4v) is 6.43. The van der Waals surface area contributed by atoms with Crippen molar-refractivity contribution >= 4 is 33.5 Å². The van der Waals surface area contributed by atoms with Crippen LogP contribution in [0.5, 0.6) is 0 Å². The number of hydrogen-bond donors (Lipinski definition) is 0. The van der Waals surface area contributed by atoms with Crippen molar-refractivity contribution in [3.8, 4) is 0 Å². The lowest BCUT2D eigenvalue weighted by Crippen LogP contribution is -2.51. The van der Waals surface area contributed by atoms with Crippen LogP contribution in [0.15, 0.2) is 34.3 Å². The van der Waals surface area contributed by atoms with Crippen LogP contribution in [0.1, 0.15) is 60.7 Å². The smallest absolute Gasteiger partial charge is 0.243 e. The number of amides is 1. The number of sulfonamides is 1. The number of ketones is 1. The first-order chi connectivity index (χ1) is 15.8. The summed E-state index contributed by atoms with van der Waals surface area (Å²) < 4.78 is 29.5. The first-order valence-electron chi connectivity index (χ1n) is 11.3. The van der Waals surface area contributed by atoms with Crippen LogP contribution in [0.2, 0.25) is 0 Å². The number of nitrogens with zero attached hydrogens (tertiary/aromatic N) is 5. The molecule has 3 aliphatic rings. The first kappa shape index (κ1) is 22.5. The van der Waals surface area contributed by atoms with Gasteiger partial charge in [-0.25, -0.2) is 8.42 Å². The van der Waals surface area contributed by atoms with Gasteiger partial charge in [-0.05, 0) is 44.7 Å². The lowest BCUT2D eigenvalue weighted by Gasteiger charge is -2.34. The van der Waals surface area contributed by atoms with E-state index in [1.807, 2.05) is 0 Å². The SMILES string of the molecule is CC(=O)c1ccc(S(=O)(=O)N2CCN(C(=O)CSc3nnc(C4CC4)n3C3CC3)CC2)cc1. The molecule has 2 aromatic rings. The van der Waals surface area contributed by atoms with Crippen LogP contribution in [0.3, 0.4) is 0 Å². The van der Waals surface area contributed by atoms with E-state index in [9.17, 15) is 18.0 Å². The Morgan fingerprint density at radius 3 is 2.24 bits per heavy atom. The van der Waals surface area contributed by atoms with Crippen molar-refractivity contribution in [2.75, 3.05) is 31.9 Å². The van der Waals surface area contributed by atoms with Crippen molar-refractivity contribution in [1.82, 2.24) is 24.0 Å². The predicted octanol–water partition coefficient (Wildman–Crippen LogP) is 2.32. The summed E-state index contributed by atoms with van der Waals surface area (Å²) in [5.41, 5.74) is 0.476. The van der Waals surface area contributed by atoms with E-state index in [2.05, 4.69) is 14.8 Å². The van der Waals surface area contributed by atoms with Gasteiger partial charge in [0, 0.05) is 43.7 Å². The molecule has 33 heavy (non-hydrogen) atoms. The fourth-order valence-electron chi connectivity index (χ4n) is 4.09. The van der Waals surface area contributed by atoms with Crippen molar-refractivity contribution in [1.29, 1.82) is 0 Å². The highest BCUT2D eigenvalue weighted by molar-refractivity contribution is 7.99. The quantitative estimate of drug-likeness (QED) is 0.414. The Bertz CT molecular complexity index is 1160. The number of thioether (sulfide) groups is 1. The van der Waals surface area contributed by atoms with E-state index < -0.39 is 10.0 Å². The van der Waals surface area contributed by atoms with Gasteiger partial charge in [0.2, 0.25) is 15.9 Å². The minimum absolute atomic E-state index is 0.0128. The third-order valence-corrected chi connectivity index (χ3v) is 9.20. The molecule has 1 aliphatic heterocycles. The molecule has 9 nitrogen and oxygen atoms in total. The summed E-state index contributed by atoms with van der Waals surface area (Å²) in [4.78, 5) is 26.1. The molecule has 11 heteroatoms. The van der Waals surface area contributed by atoms with Gasteiger partial charge in [-0.2, -0.15) is 4.31 Å². The summed E-state index contributed by atoms with van der Waals surface area (Å²) in [6.45, 7) is 2.65. The number of benzene rings is 1. The standard InChI is InChI=1S/C22H27N5O4S2/c1-15(28)16-4-8-19(9-5-16)33(30,31)26-12-10-25(11-13-26)20(29)14-32-22-24-23-21(17-2-3-17)27(22)18-6-7-18/h4-5,8-9,17-18H,2-3,6-7,10-14H2,1H3. The van der Waals surface area contributed by atoms with E-state index in [0.717, 1.165) is 23.8 Å². The number of carbonyl (C=O) groups excluding carboxylic acids is 2. The molecule has 1 amide bonds. The highest BCUT2D eigenvalue weighted by Crippen LogP contribution is 2.46. The van der Waals surface area contributed by atoms with Crippen LogP contribution in [0, 0.1) is 0 Å². The molecule has 1 aromatic carbocycles. The molecule has 176 valence electrons. The Morgan fingerprint density at radius 1 is 1.00 bits per heavy atom. The Morgan fingerprint density at radius 2 is 1.67 bits per heavy atom. The van der Waals surface area contributed by atoms with E-state index in [4.69, 9.17) is 0 Å². The van der Waals surface area contributed by atoms with Crippen LogP contribution >= 0.6 is 11.8 Å². The zero-order valence-electron chi connectivity index (χ0n) is 18.5. The van der Waals surface area contributed by atoms with Gasteiger partial charge in [-0.1, -0.05) is 23.9 Å². The van der Waals surface area contributed by atoms with E-state index in [1.54, 1.807) is 4.90 Å². The molecule has 1 aromatic heterocycles. The zero-order valence-corrected chi connectivity index (χ0v) is 20.1. The predicted molar refractivity (Wildman–Crippen MR) is 123 cm³/mol. The van der Waals surface area contributed by atoms with Crippen molar-refractivity contribution in [3.63, 3.8) is 0 Å². The number of rotatable bonds is 8. The van der Waals surface area contributed by atoms with Crippen LogP contribution in [-0.2, 0) is 14.8 Å². The molecule has 0 radical (unpaired) electrons. The summed E-state index contributed by atoms with van der Waals surface area (Å²) in [5, 5.41) is 9.56. The summed E-state index contributed by atoms with van der Waals surface area (Å²) in [6, 6.07) is 6.47. The molecule has 5 rings (SSSR count). The minimum atomic E-state index is -3.66. The van der Waals surface area contributed by atoms with Crippen LogP contribution < -0.4 is 0 Å². The second-order valence-electron chi connectivity index (χ2n) is 8.87. The Labute approximate surface area is 197 Å². The van der Waals surface area contributed by atoms with Gasteiger partial charge in [0.1, 0.15) is 5.82 Å².